The summed E-state index contributed by atoms with van der Waals surface area (Å²) in [5.74, 6) is 0.155. The third kappa shape index (κ3) is 1.42. The van der Waals surface area contributed by atoms with Crippen LogP contribution < -0.4 is 0 Å². The summed E-state index contributed by atoms with van der Waals surface area (Å²) < 4.78 is 1.67. The van der Waals surface area contributed by atoms with Gasteiger partial charge in [-0.3, -0.25) is 4.68 Å². The molecule has 76 valence electrons. The highest BCUT2D eigenvalue weighted by Gasteiger charge is 2.12. The largest absolute Gasteiger partial charge is 0.508 e. The number of hydrogen-bond donors (Lipinski definition) is 1. The second-order valence-corrected chi connectivity index (χ2v) is 3.70. The van der Waals surface area contributed by atoms with Crippen LogP contribution in [0.25, 0.3) is 10.9 Å². The van der Waals surface area contributed by atoms with Crippen molar-refractivity contribution in [2.75, 3.05) is 0 Å². The van der Waals surface area contributed by atoms with Crippen molar-refractivity contribution in [3.63, 3.8) is 0 Å². The maximum absolute atomic E-state index is 9.35. The van der Waals surface area contributed by atoms with Crippen LogP contribution in [0.15, 0.2) is 18.2 Å². The van der Waals surface area contributed by atoms with Gasteiger partial charge in [-0.25, -0.2) is 0 Å². The fraction of sp³-hybridized carbons (Fsp3) is 0.273. The number of hydrogen-bond acceptors (Lipinski definition) is 3. The van der Waals surface area contributed by atoms with E-state index in [1.165, 1.54) is 0 Å². The molecule has 0 radical (unpaired) electrons. The molecule has 0 amide bonds. The van der Waals surface area contributed by atoms with Crippen LogP contribution in [0.4, 0.5) is 0 Å². The van der Waals surface area contributed by atoms with E-state index in [2.05, 4.69) is 11.2 Å². The fourth-order valence-electron chi connectivity index (χ4n) is 1.58. The number of aromatic nitrogens is 2. The first-order valence-electron chi connectivity index (χ1n) is 4.75. The van der Waals surface area contributed by atoms with Crippen molar-refractivity contribution in [3.05, 3.63) is 23.9 Å². The Morgan fingerprint density at radius 3 is 2.80 bits per heavy atom. The van der Waals surface area contributed by atoms with E-state index < -0.39 is 0 Å². The van der Waals surface area contributed by atoms with Gasteiger partial charge in [0.1, 0.15) is 17.5 Å². The predicted octanol–water partition coefficient (Wildman–Crippen LogP) is 2.19. The first kappa shape index (κ1) is 9.53. The molecule has 4 nitrogen and oxygen atoms in total. The highest BCUT2D eigenvalue weighted by molar-refractivity contribution is 5.85. The Balaban J connectivity index is 2.81. The lowest BCUT2D eigenvalue weighted by molar-refractivity contribution is 0.476. The third-order valence-corrected chi connectivity index (χ3v) is 2.27. The number of nitriles is 1. The molecule has 0 unspecified atom stereocenters. The van der Waals surface area contributed by atoms with Crippen LogP contribution >= 0.6 is 0 Å². The van der Waals surface area contributed by atoms with Crippen LogP contribution in [0.1, 0.15) is 25.6 Å². The molecule has 0 fully saturated rings. The number of benzene rings is 1. The van der Waals surface area contributed by atoms with Crippen molar-refractivity contribution in [1.82, 2.24) is 9.78 Å². The number of fused-ring (bicyclic) bond motifs is 1. The highest BCUT2D eigenvalue weighted by atomic mass is 16.3. The lowest BCUT2D eigenvalue weighted by atomic mass is 10.2. The van der Waals surface area contributed by atoms with Crippen molar-refractivity contribution in [2.24, 2.45) is 0 Å². The first-order valence-corrected chi connectivity index (χ1v) is 4.75. The van der Waals surface area contributed by atoms with E-state index in [0.717, 1.165) is 5.52 Å². The molecule has 1 aromatic carbocycles. The van der Waals surface area contributed by atoms with Gasteiger partial charge < -0.3 is 5.11 Å². The molecule has 0 aliphatic heterocycles. The van der Waals surface area contributed by atoms with Crippen LogP contribution in [0, 0.1) is 11.3 Å². The second-order valence-electron chi connectivity index (χ2n) is 3.70. The van der Waals surface area contributed by atoms with E-state index in [-0.39, 0.29) is 11.8 Å². The molecule has 0 bridgehead atoms. The molecule has 1 N–H and O–H groups in total. The summed E-state index contributed by atoms with van der Waals surface area (Å²) in [6.45, 7) is 3.93. The van der Waals surface area contributed by atoms with E-state index in [1.807, 2.05) is 13.8 Å². The van der Waals surface area contributed by atoms with Crippen LogP contribution in [-0.2, 0) is 0 Å². The Bertz CT molecular complexity index is 549. The minimum Gasteiger partial charge on any atom is -0.508 e. The zero-order valence-corrected chi connectivity index (χ0v) is 8.60. The molecule has 2 rings (SSSR count). The third-order valence-electron chi connectivity index (χ3n) is 2.27. The van der Waals surface area contributed by atoms with Gasteiger partial charge in [0.25, 0.3) is 0 Å². The van der Waals surface area contributed by atoms with Crippen LogP contribution in [0.3, 0.4) is 0 Å². The molecule has 15 heavy (non-hydrogen) atoms. The molecule has 0 saturated carbocycles. The van der Waals surface area contributed by atoms with E-state index in [4.69, 9.17) is 5.26 Å². The van der Waals surface area contributed by atoms with Gasteiger partial charge in [-0.05, 0) is 32.0 Å². The quantitative estimate of drug-likeness (QED) is 0.769. The molecular weight excluding hydrogens is 190 g/mol. The summed E-state index contributed by atoms with van der Waals surface area (Å²) in [5.41, 5.74) is 1.23. The standard InChI is InChI=1S/C11H11N3O/c1-7(2)14-11(6-12)9-5-8(15)3-4-10(9)13-14/h3-5,7,15H,1-2H3. The number of aromatic hydroxyl groups is 1. The topological polar surface area (TPSA) is 61.8 Å². The van der Waals surface area contributed by atoms with Crippen LogP contribution in [0.2, 0.25) is 0 Å². The Kier molecular flexibility index (Phi) is 2.09. The molecule has 0 aliphatic carbocycles. The van der Waals surface area contributed by atoms with E-state index in [0.29, 0.717) is 11.1 Å². The highest BCUT2D eigenvalue weighted by Crippen LogP contribution is 2.24. The molecule has 0 spiro atoms. The van der Waals surface area contributed by atoms with Crippen molar-refractivity contribution in [1.29, 1.82) is 5.26 Å². The fourth-order valence-corrected chi connectivity index (χ4v) is 1.58. The minimum atomic E-state index is 0.134. The van der Waals surface area contributed by atoms with E-state index in [1.54, 1.807) is 22.9 Å². The molecule has 0 saturated heterocycles. The van der Waals surface area contributed by atoms with Crippen molar-refractivity contribution in [2.45, 2.75) is 19.9 Å². The zero-order valence-electron chi connectivity index (χ0n) is 8.60. The van der Waals surface area contributed by atoms with Gasteiger partial charge in [-0.1, -0.05) is 0 Å². The molecule has 2 aromatic rings. The smallest absolute Gasteiger partial charge is 0.146 e. The Labute approximate surface area is 87.4 Å². The summed E-state index contributed by atoms with van der Waals surface area (Å²) >= 11 is 0. The predicted molar refractivity (Wildman–Crippen MR) is 56.5 cm³/mol. The van der Waals surface area contributed by atoms with Gasteiger partial charge in [-0.15, -0.1) is 0 Å². The van der Waals surface area contributed by atoms with Crippen LogP contribution in [0.5, 0.6) is 5.75 Å². The Morgan fingerprint density at radius 2 is 2.20 bits per heavy atom. The lowest BCUT2D eigenvalue weighted by Gasteiger charge is -2.05. The number of nitrogens with zero attached hydrogens (tertiary/aromatic N) is 3. The zero-order chi connectivity index (χ0) is 11.0. The van der Waals surface area contributed by atoms with E-state index in [9.17, 15) is 5.11 Å². The summed E-state index contributed by atoms with van der Waals surface area (Å²) in [5, 5.41) is 23.4. The molecular formula is C11H11N3O. The minimum absolute atomic E-state index is 0.134. The summed E-state index contributed by atoms with van der Waals surface area (Å²) in [7, 11) is 0. The lowest BCUT2D eigenvalue weighted by Crippen LogP contribution is -2.04. The average molecular weight is 201 g/mol. The molecule has 0 aliphatic rings. The maximum atomic E-state index is 9.35. The summed E-state index contributed by atoms with van der Waals surface area (Å²) in [6.07, 6.45) is 0. The van der Waals surface area contributed by atoms with Gasteiger partial charge >= 0.3 is 0 Å². The molecule has 1 aromatic heterocycles. The summed E-state index contributed by atoms with van der Waals surface area (Å²) in [4.78, 5) is 0. The molecule has 4 heteroatoms. The van der Waals surface area contributed by atoms with Crippen molar-refractivity contribution >= 4 is 10.9 Å². The van der Waals surface area contributed by atoms with Crippen molar-refractivity contribution < 1.29 is 5.11 Å². The van der Waals surface area contributed by atoms with Gasteiger partial charge in [0.15, 0.2) is 0 Å². The van der Waals surface area contributed by atoms with Crippen molar-refractivity contribution in [3.8, 4) is 11.8 Å². The Hall–Kier alpha value is -2.02. The normalized spacial score (nSPS) is 10.8. The van der Waals surface area contributed by atoms with Gasteiger partial charge in [0, 0.05) is 11.4 Å². The first-order chi connectivity index (χ1) is 7.13. The van der Waals surface area contributed by atoms with Crippen LogP contribution in [-0.4, -0.2) is 14.9 Å². The average Bonchev–Trinajstić information content (AvgIpc) is 2.55. The Morgan fingerprint density at radius 1 is 1.47 bits per heavy atom. The monoisotopic (exact) mass is 201 g/mol. The number of phenolic OH excluding ortho intramolecular Hbond substituents is 1. The summed E-state index contributed by atoms with van der Waals surface area (Å²) in [6, 6.07) is 7.10. The van der Waals surface area contributed by atoms with Gasteiger partial charge in [0.05, 0.1) is 5.52 Å². The number of phenols is 1. The SMILES string of the molecule is CC(C)n1nc2ccc(O)cc2c1C#N. The number of rotatable bonds is 1. The second kappa shape index (κ2) is 3.28. The van der Waals surface area contributed by atoms with Gasteiger partial charge in [-0.2, -0.15) is 10.4 Å². The van der Waals surface area contributed by atoms with Gasteiger partial charge in [0.2, 0.25) is 0 Å². The molecule has 0 atom stereocenters. The maximum Gasteiger partial charge on any atom is 0.146 e. The van der Waals surface area contributed by atoms with E-state index >= 15 is 0 Å². The molecule has 1 heterocycles.